The van der Waals surface area contributed by atoms with Gasteiger partial charge in [-0.2, -0.15) is 0 Å². The number of nitrogens with zero attached hydrogens (tertiary/aromatic N) is 2. The molecule has 1 atom stereocenters. The van der Waals surface area contributed by atoms with Gasteiger partial charge in [-0.3, -0.25) is 9.69 Å². The van der Waals surface area contributed by atoms with E-state index in [-0.39, 0.29) is 5.91 Å². The average molecular weight is 344 g/mol. The first kappa shape index (κ1) is 17.0. The van der Waals surface area contributed by atoms with E-state index < -0.39 is 0 Å². The lowest BCUT2D eigenvalue weighted by molar-refractivity contribution is -0.117. The number of carbonyl (C=O) groups is 1. The topological polar surface area (TPSA) is 42.4 Å². The zero-order valence-corrected chi connectivity index (χ0v) is 15.4. The minimum Gasteiger partial charge on any atom is -0.494 e. The van der Waals surface area contributed by atoms with Crippen molar-refractivity contribution in [1.82, 2.24) is 4.98 Å². The maximum absolute atomic E-state index is 12.7. The van der Waals surface area contributed by atoms with E-state index in [1.165, 1.54) is 17.0 Å². The predicted molar refractivity (Wildman–Crippen MR) is 98.0 cm³/mol. The lowest BCUT2D eigenvalue weighted by Gasteiger charge is -2.15. The van der Waals surface area contributed by atoms with E-state index in [0.717, 1.165) is 29.3 Å². The highest BCUT2D eigenvalue weighted by Crippen LogP contribution is 2.33. The van der Waals surface area contributed by atoms with Crippen LogP contribution in [0.3, 0.4) is 0 Å². The van der Waals surface area contributed by atoms with Crippen molar-refractivity contribution in [3.63, 3.8) is 0 Å². The first-order chi connectivity index (χ1) is 11.6. The molecular formula is C19H24N2O2S. The summed E-state index contributed by atoms with van der Waals surface area (Å²) in [5, 5.41) is 0.813. The summed E-state index contributed by atoms with van der Waals surface area (Å²) in [7, 11) is 1.82. The second-order valence-electron chi connectivity index (χ2n) is 6.38. The van der Waals surface area contributed by atoms with Crippen LogP contribution in [0.2, 0.25) is 0 Å². The molecule has 0 fully saturated rings. The normalized spacial score (nSPS) is 16.5. The van der Waals surface area contributed by atoms with Gasteiger partial charge in [0.15, 0.2) is 5.13 Å². The summed E-state index contributed by atoms with van der Waals surface area (Å²) in [4.78, 5) is 20.4. The van der Waals surface area contributed by atoms with Crippen molar-refractivity contribution in [2.75, 3.05) is 18.6 Å². The maximum atomic E-state index is 12.7. The number of para-hydroxylation sites is 1. The fourth-order valence-electron chi connectivity index (χ4n) is 3.00. The van der Waals surface area contributed by atoms with Crippen LogP contribution in [0.15, 0.2) is 24.3 Å². The summed E-state index contributed by atoms with van der Waals surface area (Å²) in [6, 6.07) is 7.73. The van der Waals surface area contributed by atoms with E-state index in [2.05, 4.69) is 6.92 Å². The molecule has 128 valence electrons. The molecule has 0 N–H and O–H groups in total. The molecule has 1 unspecified atom stereocenters. The molecule has 1 aliphatic carbocycles. The number of benzene rings is 1. The Morgan fingerprint density at radius 2 is 2.21 bits per heavy atom. The van der Waals surface area contributed by atoms with Gasteiger partial charge >= 0.3 is 0 Å². The number of ether oxygens (including phenoxy) is 1. The summed E-state index contributed by atoms with van der Waals surface area (Å²) in [6.07, 6.45) is 3.63. The average Bonchev–Trinajstić information content (AvgIpc) is 2.99. The Hall–Kier alpha value is -1.88. The molecule has 0 spiro atoms. The molecule has 5 heteroatoms. The Morgan fingerprint density at radius 1 is 1.42 bits per heavy atom. The van der Waals surface area contributed by atoms with Crippen LogP contribution in [0.1, 0.15) is 36.4 Å². The van der Waals surface area contributed by atoms with Gasteiger partial charge in [0.1, 0.15) is 5.75 Å². The van der Waals surface area contributed by atoms with Crippen molar-refractivity contribution in [2.45, 2.75) is 39.5 Å². The molecule has 4 nitrogen and oxygen atoms in total. The Kier molecular flexibility index (Phi) is 5.19. The standard InChI is InChI=1S/C19H24N2O2S/c1-4-23-16-8-6-5-7-14(16)12-18(22)21(3)19-20-15-10-9-13(2)11-17(15)24-19/h5-8,13H,4,9-12H2,1-3H3. The van der Waals surface area contributed by atoms with Crippen LogP contribution in [-0.4, -0.2) is 24.5 Å². The van der Waals surface area contributed by atoms with Gasteiger partial charge in [-0.15, -0.1) is 11.3 Å². The molecule has 24 heavy (non-hydrogen) atoms. The van der Waals surface area contributed by atoms with E-state index in [1.807, 2.05) is 38.2 Å². The van der Waals surface area contributed by atoms with Crippen molar-refractivity contribution < 1.29 is 9.53 Å². The minimum atomic E-state index is 0.0429. The summed E-state index contributed by atoms with van der Waals surface area (Å²) in [5.41, 5.74) is 2.11. The fourth-order valence-corrected chi connectivity index (χ4v) is 4.25. The molecule has 1 aromatic carbocycles. The van der Waals surface area contributed by atoms with Crippen molar-refractivity contribution >= 4 is 22.4 Å². The van der Waals surface area contributed by atoms with Gasteiger partial charge in [0.25, 0.3) is 0 Å². The largest absolute Gasteiger partial charge is 0.494 e. The van der Waals surface area contributed by atoms with Crippen LogP contribution in [0.5, 0.6) is 5.75 Å². The van der Waals surface area contributed by atoms with Gasteiger partial charge in [-0.25, -0.2) is 4.98 Å². The van der Waals surface area contributed by atoms with Crippen molar-refractivity contribution in [3.05, 3.63) is 40.4 Å². The lowest BCUT2D eigenvalue weighted by Crippen LogP contribution is -2.28. The van der Waals surface area contributed by atoms with E-state index in [1.54, 1.807) is 16.2 Å². The highest BCUT2D eigenvalue weighted by atomic mass is 32.1. The van der Waals surface area contributed by atoms with Crippen LogP contribution in [0.4, 0.5) is 5.13 Å². The summed E-state index contributed by atoms with van der Waals surface area (Å²) in [5.74, 6) is 1.54. The van der Waals surface area contributed by atoms with Gasteiger partial charge in [0.05, 0.1) is 18.7 Å². The molecule has 1 aliphatic rings. The first-order valence-corrected chi connectivity index (χ1v) is 9.36. The number of fused-ring (bicyclic) bond motifs is 1. The Balaban J connectivity index is 1.74. The third-order valence-electron chi connectivity index (χ3n) is 4.45. The van der Waals surface area contributed by atoms with Gasteiger partial charge in [-0.05, 0) is 38.2 Å². The third-order valence-corrected chi connectivity index (χ3v) is 5.65. The van der Waals surface area contributed by atoms with Gasteiger partial charge in [0.2, 0.25) is 5.91 Å². The quantitative estimate of drug-likeness (QED) is 0.827. The van der Waals surface area contributed by atoms with Crippen molar-refractivity contribution in [1.29, 1.82) is 0 Å². The van der Waals surface area contributed by atoms with E-state index in [0.29, 0.717) is 18.9 Å². The number of hydrogen-bond donors (Lipinski definition) is 0. The zero-order valence-electron chi connectivity index (χ0n) is 14.5. The van der Waals surface area contributed by atoms with Crippen molar-refractivity contribution in [3.8, 4) is 5.75 Å². The Bertz CT molecular complexity index is 726. The fraction of sp³-hybridized carbons (Fsp3) is 0.474. The van der Waals surface area contributed by atoms with E-state index in [4.69, 9.17) is 9.72 Å². The number of thiazole rings is 1. The molecule has 0 bridgehead atoms. The molecule has 0 saturated carbocycles. The predicted octanol–water partition coefficient (Wildman–Crippen LogP) is 3.87. The van der Waals surface area contributed by atoms with Crippen LogP contribution < -0.4 is 9.64 Å². The molecule has 3 rings (SSSR count). The third kappa shape index (κ3) is 3.61. The number of aromatic nitrogens is 1. The summed E-state index contributed by atoms with van der Waals surface area (Å²) >= 11 is 1.66. The van der Waals surface area contributed by atoms with Gasteiger partial charge in [-0.1, -0.05) is 25.1 Å². The monoisotopic (exact) mass is 344 g/mol. The summed E-state index contributed by atoms with van der Waals surface area (Å²) < 4.78 is 5.62. The Labute approximate surface area is 147 Å². The zero-order chi connectivity index (χ0) is 17.1. The number of hydrogen-bond acceptors (Lipinski definition) is 4. The molecule has 0 radical (unpaired) electrons. The molecule has 1 aromatic heterocycles. The van der Waals surface area contributed by atoms with Gasteiger partial charge in [0, 0.05) is 17.5 Å². The summed E-state index contributed by atoms with van der Waals surface area (Å²) in [6.45, 7) is 4.83. The number of amides is 1. The van der Waals surface area contributed by atoms with Crippen molar-refractivity contribution in [2.24, 2.45) is 5.92 Å². The number of likely N-dealkylation sites (N-methyl/N-ethyl adjacent to an activating group) is 1. The highest BCUT2D eigenvalue weighted by Gasteiger charge is 2.23. The number of aryl methyl sites for hydroxylation is 1. The SMILES string of the molecule is CCOc1ccccc1CC(=O)N(C)c1nc2c(s1)CC(C)CC2. The van der Waals surface area contributed by atoms with Crippen LogP contribution >= 0.6 is 11.3 Å². The number of rotatable bonds is 5. The van der Waals surface area contributed by atoms with Crippen LogP contribution in [-0.2, 0) is 24.1 Å². The molecular weight excluding hydrogens is 320 g/mol. The van der Waals surface area contributed by atoms with E-state index >= 15 is 0 Å². The first-order valence-electron chi connectivity index (χ1n) is 8.54. The maximum Gasteiger partial charge on any atom is 0.233 e. The molecule has 1 amide bonds. The van der Waals surface area contributed by atoms with Crippen LogP contribution in [0, 0.1) is 5.92 Å². The molecule has 0 saturated heterocycles. The molecule has 0 aliphatic heterocycles. The minimum absolute atomic E-state index is 0.0429. The Morgan fingerprint density at radius 3 is 3.00 bits per heavy atom. The van der Waals surface area contributed by atoms with Gasteiger partial charge < -0.3 is 4.74 Å². The molecule has 1 heterocycles. The number of anilines is 1. The van der Waals surface area contributed by atoms with E-state index in [9.17, 15) is 4.79 Å². The second-order valence-corrected chi connectivity index (χ2v) is 7.45. The molecule has 2 aromatic rings. The number of carbonyl (C=O) groups excluding carboxylic acids is 1. The lowest BCUT2D eigenvalue weighted by atomic mass is 9.93. The highest BCUT2D eigenvalue weighted by molar-refractivity contribution is 7.15. The smallest absolute Gasteiger partial charge is 0.233 e. The second kappa shape index (κ2) is 7.34. The van der Waals surface area contributed by atoms with Crippen LogP contribution in [0.25, 0.3) is 0 Å².